The molecule has 2 aromatic rings. The first-order valence-electron chi connectivity index (χ1n) is 5.57. The Balaban J connectivity index is 0.000000442. The van der Waals surface area contributed by atoms with Crippen molar-refractivity contribution in [3.8, 4) is 0 Å². The first kappa shape index (κ1) is 13.7. The van der Waals surface area contributed by atoms with Gasteiger partial charge in [-0.15, -0.1) is 0 Å². The van der Waals surface area contributed by atoms with E-state index in [2.05, 4.69) is 0 Å². The molecule has 0 spiro atoms. The molecule has 0 radical (unpaired) electrons. The number of hydrogen-bond acceptors (Lipinski definition) is 2. The molecule has 2 nitrogen and oxygen atoms in total. The minimum atomic E-state index is 0.467. The Morgan fingerprint density at radius 2 is 1.67 bits per heavy atom. The van der Waals surface area contributed by atoms with Crippen LogP contribution in [0.3, 0.4) is 0 Å². The minimum Gasteiger partial charge on any atom is -0.460 e. The third kappa shape index (κ3) is 3.76. The van der Waals surface area contributed by atoms with Crippen molar-refractivity contribution in [2.24, 2.45) is 5.73 Å². The summed E-state index contributed by atoms with van der Waals surface area (Å²) in [6.45, 7) is 8.47. The lowest BCUT2D eigenvalue weighted by molar-refractivity contribution is 0.552. The summed E-state index contributed by atoms with van der Waals surface area (Å²) in [5.74, 6) is 0.839. The second-order valence-electron chi connectivity index (χ2n) is 2.45. The van der Waals surface area contributed by atoms with Crippen LogP contribution in [0, 0.1) is 0 Å². The van der Waals surface area contributed by atoms with E-state index in [4.69, 9.17) is 10.2 Å². The van der Waals surface area contributed by atoms with E-state index in [0.717, 1.165) is 16.7 Å². The maximum absolute atomic E-state index is 5.42. The zero-order valence-corrected chi connectivity index (χ0v) is 10.1. The molecule has 1 heterocycles. The van der Waals surface area contributed by atoms with Gasteiger partial charge in [0.1, 0.15) is 11.3 Å². The first-order valence-corrected chi connectivity index (χ1v) is 5.57. The number of benzene rings is 1. The van der Waals surface area contributed by atoms with Gasteiger partial charge >= 0.3 is 0 Å². The van der Waals surface area contributed by atoms with Crippen LogP contribution < -0.4 is 5.73 Å². The van der Waals surface area contributed by atoms with Crippen molar-refractivity contribution in [2.75, 3.05) is 0 Å². The van der Waals surface area contributed by atoms with Crippen LogP contribution in [0.15, 0.2) is 34.7 Å². The van der Waals surface area contributed by atoms with E-state index in [-0.39, 0.29) is 0 Å². The van der Waals surface area contributed by atoms with E-state index in [1.54, 1.807) is 0 Å². The molecule has 2 N–H and O–H groups in total. The van der Waals surface area contributed by atoms with Crippen molar-refractivity contribution in [1.29, 1.82) is 0 Å². The minimum absolute atomic E-state index is 0.467. The predicted octanol–water partition coefficient (Wildman–Crippen LogP) is 3.94. The quantitative estimate of drug-likeness (QED) is 0.769. The van der Waals surface area contributed by atoms with E-state index in [1.807, 2.05) is 58.0 Å². The van der Waals surface area contributed by atoms with E-state index in [9.17, 15) is 0 Å². The molecule has 2 rings (SSSR count). The van der Waals surface area contributed by atoms with E-state index in [1.165, 1.54) is 0 Å². The van der Waals surface area contributed by atoms with Gasteiger partial charge in [-0.1, -0.05) is 45.9 Å². The molecule has 0 saturated carbocycles. The van der Waals surface area contributed by atoms with Crippen LogP contribution in [0.2, 0.25) is 0 Å². The SMILES string of the molecule is CC.CC.NCc1cc2ccccc2o1. The van der Waals surface area contributed by atoms with Crippen LogP contribution in [0.4, 0.5) is 0 Å². The number of furan rings is 1. The average Bonchev–Trinajstić information content (AvgIpc) is 2.77. The van der Waals surface area contributed by atoms with Crippen LogP contribution in [0.5, 0.6) is 0 Å². The summed E-state index contributed by atoms with van der Waals surface area (Å²) in [5, 5.41) is 1.12. The second-order valence-corrected chi connectivity index (χ2v) is 2.45. The number of rotatable bonds is 1. The normalized spacial score (nSPS) is 8.60. The zero-order valence-electron chi connectivity index (χ0n) is 10.1. The van der Waals surface area contributed by atoms with Crippen LogP contribution in [0.25, 0.3) is 11.0 Å². The van der Waals surface area contributed by atoms with Crippen molar-refractivity contribution < 1.29 is 4.42 Å². The summed E-state index contributed by atoms with van der Waals surface area (Å²) < 4.78 is 5.39. The summed E-state index contributed by atoms with van der Waals surface area (Å²) >= 11 is 0. The molecule has 0 atom stereocenters. The molecule has 0 aliphatic carbocycles. The lowest BCUT2D eigenvalue weighted by Crippen LogP contribution is -1.92. The standard InChI is InChI=1S/C9H9NO.2C2H6/c10-6-8-5-7-3-1-2-4-9(7)11-8;2*1-2/h1-5H,6,10H2;2*1-2H3. The molecule has 0 unspecified atom stereocenters. The second kappa shape index (κ2) is 8.06. The van der Waals surface area contributed by atoms with E-state index < -0.39 is 0 Å². The molecule has 0 aliphatic rings. The van der Waals surface area contributed by atoms with E-state index >= 15 is 0 Å². The van der Waals surface area contributed by atoms with Crippen LogP contribution in [-0.4, -0.2) is 0 Å². The highest BCUT2D eigenvalue weighted by Gasteiger charge is 1.98. The largest absolute Gasteiger partial charge is 0.460 e. The van der Waals surface area contributed by atoms with Gasteiger partial charge in [-0.3, -0.25) is 0 Å². The molecule has 84 valence electrons. The van der Waals surface area contributed by atoms with Gasteiger partial charge < -0.3 is 10.2 Å². The fourth-order valence-electron chi connectivity index (χ4n) is 1.14. The van der Waals surface area contributed by atoms with Crippen molar-refractivity contribution in [3.05, 3.63) is 36.1 Å². The fraction of sp³-hybridized carbons (Fsp3) is 0.385. The third-order valence-electron chi connectivity index (χ3n) is 1.68. The van der Waals surface area contributed by atoms with Gasteiger partial charge in [0.05, 0.1) is 6.54 Å². The van der Waals surface area contributed by atoms with Crippen molar-refractivity contribution in [3.63, 3.8) is 0 Å². The van der Waals surface area contributed by atoms with Crippen molar-refractivity contribution >= 4 is 11.0 Å². The van der Waals surface area contributed by atoms with Crippen LogP contribution in [0.1, 0.15) is 33.5 Å². The topological polar surface area (TPSA) is 39.2 Å². The van der Waals surface area contributed by atoms with Gasteiger partial charge in [0.2, 0.25) is 0 Å². The highest BCUT2D eigenvalue weighted by molar-refractivity contribution is 5.77. The van der Waals surface area contributed by atoms with Gasteiger partial charge in [0.25, 0.3) is 0 Å². The lowest BCUT2D eigenvalue weighted by Gasteiger charge is -1.84. The van der Waals surface area contributed by atoms with Gasteiger partial charge in [0.15, 0.2) is 0 Å². The monoisotopic (exact) mass is 207 g/mol. The summed E-state index contributed by atoms with van der Waals surface area (Å²) in [7, 11) is 0. The van der Waals surface area contributed by atoms with Gasteiger partial charge in [-0.05, 0) is 12.1 Å². The van der Waals surface area contributed by atoms with Gasteiger partial charge in [0, 0.05) is 5.39 Å². The Kier molecular flexibility index (Phi) is 7.38. The summed E-state index contributed by atoms with van der Waals surface area (Å²) in [5.41, 5.74) is 6.33. The van der Waals surface area contributed by atoms with E-state index in [0.29, 0.717) is 6.54 Å². The lowest BCUT2D eigenvalue weighted by atomic mass is 10.2. The highest BCUT2D eigenvalue weighted by atomic mass is 16.3. The fourth-order valence-corrected chi connectivity index (χ4v) is 1.14. The van der Waals surface area contributed by atoms with Gasteiger partial charge in [-0.2, -0.15) is 0 Å². The molecule has 0 amide bonds. The third-order valence-corrected chi connectivity index (χ3v) is 1.68. The molecule has 15 heavy (non-hydrogen) atoms. The number of fused-ring (bicyclic) bond motifs is 1. The molecule has 0 bridgehead atoms. The number of para-hydroxylation sites is 1. The molecule has 1 aromatic carbocycles. The molecule has 0 aliphatic heterocycles. The highest BCUT2D eigenvalue weighted by Crippen LogP contribution is 2.17. The summed E-state index contributed by atoms with van der Waals surface area (Å²) in [6, 6.07) is 9.85. The first-order chi connectivity index (χ1) is 7.40. The molecule has 0 saturated heterocycles. The Morgan fingerprint density at radius 1 is 1.07 bits per heavy atom. The Hall–Kier alpha value is -1.28. The molecular weight excluding hydrogens is 186 g/mol. The molecule has 2 heteroatoms. The number of nitrogens with two attached hydrogens (primary N) is 1. The number of hydrogen-bond donors (Lipinski definition) is 1. The molecular formula is C13H21NO. The maximum Gasteiger partial charge on any atom is 0.134 e. The summed E-state index contributed by atoms with van der Waals surface area (Å²) in [6.07, 6.45) is 0. The molecule has 0 fully saturated rings. The Morgan fingerprint density at radius 3 is 2.20 bits per heavy atom. The Bertz CT molecular complexity index is 332. The summed E-state index contributed by atoms with van der Waals surface area (Å²) in [4.78, 5) is 0. The van der Waals surface area contributed by atoms with Crippen molar-refractivity contribution in [2.45, 2.75) is 34.2 Å². The van der Waals surface area contributed by atoms with Gasteiger partial charge in [-0.25, -0.2) is 0 Å². The zero-order chi connectivity index (χ0) is 11.7. The smallest absolute Gasteiger partial charge is 0.134 e. The Labute approximate surface area is 92.1 Å². The average molecular weight is 207 g/mol. The predicted molar refractivity (Wildman–Crippen MR) is 66.8 cm³/mol. The van der Waals surface area contributed by atoms with Crippen LogP contribution in [-0.2, 0) is 6.54 Å². The maximum atomic E-state index is 5.42. The molecule has 1 aromatic heterocycles. The van der Waals surface area contributed by atoms with Crippen molar-refractivity contribution in [1.82, 2.24) is 0 Å². The van der Waals surface area contributed by atoms with Crippen LogP contribution >= 0.6 is 0 Å².